The van der Waals surface area contributed by atoms with Crippen molar-refractivity contribution in [3.63, 3.8) is 0 Å². The van der Waals surface area contributed by atoms with Crippen molar-refractivity contribution >= 4 is 28.8 Å². The molecule has 2 aromatic heterocycles. The first-order valence-electron chi connectivity index (χ1n) is 9.48. The van der Waals surface area contributed by atoms with Gasteiger partial charge in [0.1, 0.15) is 11.4 Å². The van der Waals surface area contributed by atoms with Crippen molar-refractivity contribution in [2.45, 2.75) is 0 Å². The number of nitrogens with zero attached hydrogens (tertiary/aromatic N) is 1. The lowest BCUT2D eigenvalue weighted by Crippen LogP contribution is -2.24. The van der Waals surface area contributed by atoms with E-state index in [1.54, 1.807) is 35.9 Å². The van der Waals surface area contributed by atoms with Crippen LogP contribution in [0.3, 0.4) is 0 Å². The molecular weight excluding hydrogens is 394 g/mol. The standard InChI is InChI=1S/C24H19N3O4/c1-31-19-11-7-15(8-12-19)20-14-18-4-2-3-13-27(18)21(20)22(28)24(30)26-17-9-5-16(6-10-17)23(25)29/h2-14H,1H3,(H2,25,29)(H,26,30). The summed E-state index contributed by atoms with van der Waals surface area (Å²) in [5, 5.41) is 2.58. The zero-order chi connectivity index (χ0) is 22.0. The van der Waals surface area contributed by atoms with Gasteiger partial charge in [-0.25, -0.2) is 0 Å². The molecule has 4 rings (SSSR count). The minimum Gasteiger partial charge on any atom is -0.497 e. The molecule has 0 aliphatic heterocycles. The van der Waals surface area contributed by atoms with Gasteiger partial charge in [-0.1, -0.05) is 18.2 Å². The Labute approximate surface area is 178 Å². The lowest BCUT2D eigenvalue weighted by molar-refractivity contribution is -0.112. The van der Waals surface area contributed by atoms with Crippen molar-refractivity contribution in [2.75, 3.05) is 12.4 Å². The van der Waals surface area contributed by atoms with E-state index in [1.165, 1.54) is 24.3 Å². The van der Waals surface area contributed by atoms with Crippen molar-refractivity contribution < 1.29 is 19.1 Å². The Kier molecular flexibility index (Phi) is 5.24. The van der Waals surface area contributed by atoms with Crippen LogP contribution in [0.15, 0.2) is 79.0 Å². The number of hydrogen-bond acceptors (Lipinski definition) is 4. The minimum absolute atomic E-state index is 0.257. The zero-order valence-electron chi connectivity index (χ0n) is 16.7. The Balaban J connectivity index is 1.70. The van der Waals surface area contributed by atoms with Crippen molar-refractivity contribution in [1.82, 2.24) is 4.40 Å². The number of carbonyl (C=O) groups excluding carboxylic acids is 3. The van der Waals surface area contributed by atoms with E-state index in [-0.39, 0.29) is 5.69 Å². The molecule has 0 unspecified atom stereocenters. The lowest BCUT2D eigenvalue weighted by Gasteiger charge is -2.08. The molecule has 0 fully saturated rings. The molecule has 7 nitrogen and oxygen atoms in total. The van der Waals surface area contributed by atoms with E-state index in [4.69, 9.17) is 10.5 Å². The van der Waals surface area contributed by atoms with Crippen LogP contribution in [0.2, 0.25) is 0 Å². The molecule has 0 radical (unpaired) electrons. The highest BCUT2D eigenvalue weighted by Crippen LogP contribution is 2.30. The normalized spacial score (nSPS) is 10.6. The van der Waals surface area contributed by atoms with Crippen LogP contribution in [-0.4, -0.2) is 29.1 Å². The average Bonchev–Trinajstić information content (AvgIpc) is 3.18. The van der Waals surface area contributed by atoms with E-state index < -0.39 is 17.6 Å². The van der Waals surface area contributed by atoms with E-state index in [2.05, 4.69) is 5.32 Å². The first kappa shape index (κ1) is 19.9. The fourth-order valence-electron chi connectivity index (χ4n) is 3.36. The van der Waals surface area contributed by atoms with Gasteiger partial charge in [-0.05, 0) is 60.2 Å². The van der Waals surface area contributed by atoms with E-state index in [0.29, 0.717) is 22.6 Å². The highest BCUT2D eigenvalue weighted by atomic mass is 16.5. The smallest absolute Gasteiger partial charge is 0.298 e. The number of nitrogens with one attached hydrogen (secondary N) is 1. The molecule has 0 saturated carbocycles. The first-order valence-corrected chi connectivity index (χ1v) is 9.48. The molecule has 0 aliphatic rings. The fraction of sp³-hybridized carbons (Fsp3) is 0.0417. The number of ether oxygens (including phenoxy) is 1. The topological polar surface area (TPSA) is 103 Å². The van der Waals surface area contributed by atoms with Crippen LogP contribution in [-0.2, 0) is 4.79 Å². The fourth-order valence-corrected chi connectivity index (χ4v) is 3.36. The molecule has 2 aromatic carbocycles. The van der Waals surface area contributed by atoms with Crippen LogP contribution in [0.5, 0.6) is 5.75 Å². The van der Waals surface area contributed by atoms with Gasteiger partial charge in [0, 0.05) is 28.5 Å². The van der Waals surface area contributed by atoms with Gasteiger partial charge >= 0.3 is 0 Å². The number of methoxy groups -OCH3 is 1. The highest BCUT2D eigenvalue weighted by Gasteiger charge is 2.25. The van der Waals surface area contributed by atoms with E-state index in [9.17, 15) is 14.4 Å². The lowest BCUT2D eigenvalue weighted by atomic mass is 10.0. The number of rotatable bonds is 6. The zero-order valence-corrected chi connectivity index (χ0v) is 16.7. The van der Waals surface area contributed by atoms with E-state index >= 15 is 0 Å². The molecule has 7 heteroatoms. The van der Waals surface area contributed by atoms with Crippen molar-refractivity contribution in [2.24, 2.45) is 5.73 Å². The largest absolute Gasteiger partial charge is 0.497 e. The number of aromatic nitrogens is 1. The maximum Gasteiger partial charge on any atom is 0.298 e. The monoisotopic (exact) mass is 413 g/mol. The maximum absolute atomic E-state index is 13.2. The van der Waals surface area contributed by atoms with Crippen molar-refractivity contribution in [3.05, 3.63) is 90.3 Å². The average molecular weight is 413 g/mol. The van der Waals surface area contributed by atoms with Gasteiger partial charge in [-0.3, -0.25) is 14.4 Å². The molecule has 2 amide bonds. The molecule has 0 saturated heterocycles. The van der Waals surface area contributed by atoms with Gasteiger partial charge in [-0.15, -0.1) is 0 Å². The Hall–Kier alpha value is -4.39. The summed E-state index contributed by atoms with van der Waals surface area (Å²) in [5.41, 5.74) is 8.39. The molecule has 154 valence electrons. The second kappa shape index (κ2) is 8.16. The van der Waals surface area contributed by atoms with Gasteiger partial charge in [0.25, 0.3) is 11.7 Å². The molecule has 31 heavy (non-hydrogen) atoms. The SMILES string of the molecule is COc1ccc(-c2cc3ccccn3c2C(=O)C(=O)Nc2ccc(C(N)=O)cc2)cc1. The summed E-state index contributed by atoms with van der Waals surface area (Å²) in [6.07, 6.45) is 1.74. The Morgan fingerprint density at radius 2 is 1.65 bits per heavy atom. The number of Topliss-reactive ketones (excluding diaryl/α,β-unsaturated/α-hetero) is 1. The number of anilines is 1. The van der Waals surface area contributed by atoms with Gasteiger partial charge < -0.3 is 20.2 Å². The molecule has 3 N–H and O–H groups in total. The predicted octanol–water partition coefficient (Wildman–Crippen LogP) is 3.54. The number of benzene rings is 2. The number of carbonyl (C=O) groups is 3. The minimum atomic E-state index is -0.787. The van der Waals surface area contributed by atoms with Crippen LogP contribution in [0.4, 0.5) is 5.69 Å². The summed E-state index contributed by atoms with van der Waals surface area (Å²) in [6, 6.07) is 20.7. The number of amides is 2. The van der Waals surface area contributed by atoms with Crippen LogP contribution in [0.1, 0.15) is 20.8 Å². The number of fused-ring (bicyclic) bond motifs is 1. The second-order valence-electron chi connectivity index (χ2n) is 6.86. The second-order valence-corrected chi connectivity index (χ2v) is 6.86. The molecule has 4 aromatic rings. The third kappa shape index (κ3) is 3.89. The number of nitrogens with two attached hydrogens (primary N) is 1. The summed E-state index contributed by atoms with van der Waals surface area (Å²) in [7, 11) is 1.58. The summed E-state index contributed by atoms with van der Waals surface area (Å²) in [6.45, 7) is 0. The molecule has 2 heterocycles. The summed E-state index contributed by atoms with van der Waals surface area (Å²) >= 11 is 0. The molecule has 0 bridgehead atoms. The van der Waals surface area contributed by atoms with Crippen LogP contribution < -0.4 is 15.8 Å². The molecule has 0 spiro atoms. The van der Waals surface area contributed by atoms with Crippen LogP contribution >= 0.6 is 0 Å². The van der Waals surface area contributed by atoms with Crippen LogP contribution in [0.25, 0.3) is 16.6 Å². The van der Waals surface area contributed by atoms with Gasteiger partial charge in [0.05, 0.1) is 7.11 Å². The third-order valence-electron chi connectivity index (χ3n) is 4.93. The van der Waals surface area contributed by atoms with Crippen molar-refractivity contribution in [3.8, 4) is 16.9 Å². The molecule has 0 atom stereocenters. The van der Waals surface area contributed by atoms with Gasteiger partial charge in [-0.2, -0.15) is 0 Å². The Morgan fingerprint density at radius 1 is 0.935 bits per heavy atom. The van der Waals surface area contributed by atoms with Crippen LogP contribution in [0, 0.1) is 0 Å². The number of primary amides is 1. The summed E-state index contributed by atoms with van der Waals surface area (Å²) in [5.74, 6) is -1.35. The predicted molar refractivity (Wildman–Crippen MR) is 117 cm³/mol. The molecular formula is C24H19N3O4. The van der Waals surface area contributed by atoms with E-state index in [1.807, 2.05) is 30.3 Å². The highest BCUT2D eigenvalue weighted by molar-refractivity contribution is 6.47. The number of hydrogen-bond donors (Lipinski definition) is 2. The Bertz CT molecular complexity index is 1290. The Morgan fingerprint density at radius 3 is 2.29 bits per heavy atom. The van der Waals surface area contributed by atoms with Gasteiger partial charge in [0.15, 0.2) is 0 Å². The molecule has 0 aliphatic carbocycles. The first-order chi connectivity index (χ1) is 15.0. The summed E-state index contributed by atoms with van der Waals surface area (Å²) < 4.78 is 6.90. The van der Waals surface area contributed by atoms with Crippen molar-refractivity contribution in [1.29, 1.82) is 0 Å². The number of ketones is 1. The third-order valence-corrected chi connectivity index (χ3v) is 4.93. The number of pyridine rings is 1. The maximum atomic E-state index is 13.2. The van der Waals surface area contributed by atoms with E-state index in [0.717, 1.165) is 11.1 Å². The van der Waals surface area contributed by atoms with Gasteiger partial charge in [0.2, 0.25) is 5.91 Å². The quantitative estimate of drug-likeness (QED) is 0.373. The summed E-state index contributed by atoms with van der Waals surface area (Å²) in [4.78, 5) is 37.2.